The van der Waals surface area contributed by atoms with E-state index in [2.05, 4.69) is 4.99 Å². The van der Waals surface area contributed by atoms with Crippen molar-refractivity contribution < 1.29 is 27.4 Å². The van der Waals surface area contributed by atoms with Gasteiger partial charge in [0.15, 0.2) is 0 Å². The zero-order chi connectivity index (χ0) is 20.9. The molecule has 0 unspecified atom stereocenters. The normalized spacial score (nSPS) is 11.4. The predicted octanol–water partition coefficient (Wildman–Crippen LogP) is 5.68. The molecule has 7 heteroatoms. The summed E-state index contributed by atoms with van der Waals surface area (Å²) in [4.78, 5) is 16.3. The van der Waals surface area contributed by atoms with Gasteiger partial charge in [0.1, 0.15) is 11.5 Å². The Morgan fingerprint density at radius 3 is 2.00 bits per heavy atom. The minimum Gasteiger partial charge on any atom is -0.497 e. The quantitative estimate of drug-likeness (QED) is 0.315. The van der Waals surface area contributed by atoms with Gasteiger partial charge >= 0.3 is 12.1 Å². The van der Waals surface area contributed by atoms with Crippen LogP contribution in [0.2, 0.25) is 0 Å². The van der Waals surface area contributed by atoms with Crippen molar-refractivity contribution in [3.63, 3.8) is 0 Å². The summed E-state index contributed by atoms with van der Waals surface area (Å²) >= 11 is 0. The molecule has 0 saturated heterocycles. The fourth-order valence-electron chi connectivity index (χ4n) is 2.40. The van der Waals surface area contributed by atoms with Crippen molar-refractivity contribution in [1.29, 1.82) is 0 Å². The summed E-state index contributed by atoms with van der Waals surface area (Å²) in [5.74, 6) is 0.495. The fraction of sp³-hybridized carbons (Fsp3) is 0.0909. The molecule has 29 heavy (non-hydrogen) atoms. The zero-order valence-corrected chi connectivity index (χ0v) is 15.3. The van der Waals surface area contributed by atoms with Crippen LogP contribution in [0, 0.1) is 0 Å². The van der Waals surface area contributed by atoms with E-state index in [1.807, 2.05) is 0 Å². The van der Waals surface area contributed by atoms with Crippen LogP contribution in [0.4, 0.5) is 18.9 Å². The van der Waals surface area contributed by atoms with E-state index in [1.165, 1.54) is 25.5 Å². The van der Waals surface area contributed by atoms with Gasteiger partial charge in [-0.3, -0.25) is 4.99 Å². The first-order valence-electron chi connectivity index (χ1n) is 8.53. The Morgan fingerprint density at radius 1 is 0.862 bits per heavy atom. The van der Waals surface area contributed by atoms with Crippen molar-refractivity contribution in [3.05, 3.63) is 89.5 Å². The Bertz CT molecular complexity index is 993. The molecule has 0 fully saturated rings. The van der Waals surface area contributed by atoms with Crippen molar-refractivity contribution in [1.82, 2.24) is 0 Å². The molecule has 0 aliphatic rings. The van der Waals surface area contributed by atoms with E-state index in [-0.39, 0.29) is 0 Å². The number of alkyl halides is 3. The molecule has 0 atom stereocenters. The predicted molar refractivity (Wildman–Crippen MR) is 103 cm³/mol. The molecule has 0 heterocycles. The minimum atomic E-state index is -4.37. The lowest BCUT2D eigenvalue weighted by atomic mass is 10.2. The second kappa shape index (κ2) is 8.60. The lowest BCUT2D eigenvalue weighted by molar-refractivity contribution is -0.137. The van der Waals surface area contributed by atoms with Gasteiger partial charge in [0.25, 0.3) is 0 Å². The first kappa shape index (κ1) is 20.1. The van der Waals surface area contributed by atoms with Gasteiger partial charge in [0, 0.05) is 6.21 Å². The number of hydrogen-bond acceptors (Lipinski definition) is 4. The largest absolute Gasteiger partial charge is 0.497 e. The molecule has 3 aromatic carbocycles. The minimum absolute atomic E-state index is 0.359. The number of hydrogen-bond donors (Lipinski definition) is 0. The monoisotopic (exact) mass is 399 g/mol. The summed E-state index contributed by atoms with van der Waals surface area (Å²) in [6.07, 6.45) is -2.86. The Balaban J connectivity index is 1.62. The van der Waals surface area contributed by atoms with E-state index in [0.29, 0.717) is 28.3 Å². The summed E-state index contributed by atoms with van der Waals surface area (Å²) < 4.78 is 48.0. The van der Waals surface area contributed by atoms with Crippen LogP contribution < -0.4 is 9.47 Å². The van der Waals surface area contributed by atoms with E-state index in [1.54, 1.807) is 48.5 Å². The van der Waals surface area contributed by atoms with Gasteiger partial charge in [0.2, 0.25) is 0 Å². The molecule has 0 aliphatic carbocycles. The average molecular weight is 399 g/mol. The van der Waals surface area contributed by atoms with E-state index in [4.69, 9.17) is 9.47 Å². The summed E-state index contributed by atoms with van der Waals surface area (Å²) in [5, 5.41) is 0. The van der Waals surface area contributed by atoms with Crippen molar-refractivity contribution in [2.45, 2.75) is 6.18 Å². The van der Waals surface area contributed by atoms with Crippen molar-refractivity contribution in [3.8, 4) is 11.5 Å². The average Bonchev–Trinajstić information content (AvgIpc) is 2.73. The van der Waals surface area contributed by atoms with E-state index < -0.39 is 17.7 Å². The van der Waals surface area contributed by atoms with E-state index in [9.17, 15) is 18.0 Å². The topological polar surface area (TPSA) is 47.9 Å². The van der Waals surface area contributed by atoms with Crippen molar-refractivity contribution >= 4 is 17.9 Å². The Labute approximate surface area is 165 Å². The van der Waals surface area contributed by atoms with Crippen molar-refractivity contribution in [2.75, 3.05) is 7.11 Å². The number of methoxy groups -OCH3 is 1. The van der Waals surface area contributed by atoms with Crippen LogP contribution >= 0.6 is 0 Å². The van der Waals surface area contributed by atoms with E-state index >= 15 is 0 Å². The lowest BCUT2D eigenvalue weighted by Crippen LogP contribution is -2.08. The van der Waals surface area contributed by atoms with Gasteiger partial charge in [-0.15, -0.1) is 0 Å². The highest BCUT2D eigenvalue weighted by molar-refractivity contribution is 5.91. The fourth-order valence-corrected chi connectivity index (χ4v) is 2.40. The number of ether oxygens (including phenoxy) is 2. The van der Waals surface area contributed by atoms with Crippen LogP contribution in [-0.4, -0.2) is 19.3 Å². The van der Waals surface area contributed by atoms with Gasteiger partial charge in [-0.1, -0.05) is 0 Å². The molecule has 0 N–H and O–H groups in total. The Kier molecular flexibility index (Phi) is 5.97. The first-order chi connectivity index (χ1) is 13.8. The molecule has 0 radical (unpaired) electrons. The third kappa shape index (κ3) is 5.44. The zero-order valence-electron chi connectivity index (χ0n) is 15.3. The molecule has 0 spiro atoms. The van der Waals surface area contributed by atoms with Gasteiger partial charge in [-0.25, -0.2) is 4.79 Å². The summed E-state index contributed by atoms with van der Waals surface area (Å²) in [5.41, 5.74) is 0.764. The number of carbonyl (C=O) groups excluding carboxylic acids is 1. The Morgan fingerprint density at radius 2 is 1.45 bits per heavy atom. The molecule has 0 bridgehead atoms. The maximum Gasteiger partial charge on any atom is 0.416 e. The van der Waals surface area contributed by atoms with Gasteiger partial charge in [-0.2, -0.15) is 13.2 Å². The summed E-state index contributed by atoms with van der Waals surface area (Å²) in [6, 6.07) is 17.7. The summed E-state index contributed by atoms with van der Waals surface area (Å²) in [7, 11) is 1.54. The number of carbonyl (C=O) groups is 1. The number of aliphatic imine (C=N–C) groups is 1. The Hall–Kier alpha value is -3.61. The number of esters is 1. The molecule has 3 rings (SSSR count). The standard InChI is InChI=1S/C22H16F3NO3/c1-28-19-12-4-16(5-13-19)21(27)29-20-10-2-15(3-11-20)14-26-18-8-6-17(7-9-18)22(23,24)25/h2-14H,1H3. The highest BCUT2D eigenvalue weighted by atomic mass is 19.4. The molecule has 0 amide bonds. The molecule has 0 aromatic heterocycles. The number of benzene rings is 3. The number of rotatable bonds is 5. The first-order valence-corrected chi connectivity index (χ1v) is 8.53. The maximum absolute atomic E-state index is 12.6. The van der Waals surface area contributed by atoms with Crippen LogP contribution in [0.1, 0.15) is 21.5 Å². The van der Waals surface area contributed by atoms with Gasteiger partial charge in [-0.05, 0) is 78.4 Å². The smallest absolute Gasteiger partial charge is 0.416 e. The van der Waals surface area contributed by atoms with Crippen LogP contribution in [0.5, 0.6) is 11.5 Å². The number of halogens is 3. The molecule has 3 aromatic rings. The second-order valence-electron chi connectivity index (χ2n) is 5.99. The molecule has 0 aliphatic heterocycles. The maximum atomic E-state index is 12.6. The highest BCUT2D eigenvalue weighted by Crippen LogP contribution is 2.30. The molecular weight excluding hydrogens is 383 g/mol. The lowest BCUT2D eigenvalue weighted by Gasteiger charge is -2.06. The second-order valence-corrected chi connectivity index (χ2v) is 5.99. The van der Waals surface area contributed by atoms with Crippen molar-refractivity contribution in [2.24, 2.45) is 4.99 Å². The third-order valence-corrected chi connectivity index (χ3v) is 3.97. The van der Waals surface area contributed by atoms with Gasteiger partial charge < -0.3 is 9.47 Å². The van der Waals surface area contributed by atoms with Crippen LogP contribution in [0.3, 0.4) is 0 Å². The highest BCUT2D eigenvalue weighted by Gasteiger charge is 2.29. The van der Waals surface area contributed by atoms with Crippen LogP contribution in [0.25, 0.3) is 0 Å². The van der Waals surface area contributed by atoms with E-state index in [0.717, 1.165) is 12.1 Å². The number of nitrogens with zero attached hydrogens (tertiary/aromatic N) is 1. The SMILES string of the molecule is COc1ccc(C(=O)Oc2ccc(C=Nc3ccc(C(F)(F)F)cc3)cc2)cc1. The molecule has 0 saturated carbocycles. The summed E-state index contributed by atoms with van der Waals surface area (Å²) in [6.45, 7) is 0. The molecule has 4 nitrogen and oxygen atoms in total. The van der Waals surface area contributed by atoms with Gasteiger partial charge in [0.05, 0.1) is 23.9 Å². The molecule has 148 valence electrons. The third-order valence-electron chi connectivity index (χ3n) is 3.97. The van der Waals surface area contributed by atoms with Crippen LogP contribution in [0.15, 0.2) is 77.8 Å². The molecular formula is C22H16F3NO3. The van der Waals surface area contributed by atoms with Crippen LogP contribution in [-0.2, 0) is 6.18 Å².